The predicted molar refractivity (Wildman–Crippen MR) is 106 cm³/mol. The molecule has 0 radical (unpaired) electrons. The molecular weight excluding hydrogens is 374 g/mol. The smallest absolute Gasteiger partial charge is 0.255 e. The summed E-state index contributed by atoms with van der Waals surface area (Å²) in [6, 6.07) is 10.9. The lowest BCUT2D eigenvalue weighted by atomic mass is 9.99. The van der Waals surface area contributed by atoms with Crippen LogP contribution < -0.4 is 20.7 Å². The van der Waals surface area contributed by atoms with Crippen molar-refractivity contribution >= 4 is 11.8 Å². The van der Waals surface area contributed by atoms with E-state index in [-0.39, 0.29) is 12.5 Å². The van der Waals surface area contributed by atoms with Gasteiger partial charge < -0.3 is 25.3 Å². The Labute approximate surface area is 169 Å². The van der Waals surface area contributed by atoms with Crippen LogP contribution in [-0.4, -0.2) is 42.2 Å². The van der Waals surface area contributed by atoms with Gasteiger partial charge in [0.25, 0.3) is 5.91 Å². The molecule has 1 heterocycles. The number of nitrogens with one attached hydrogen (secondary N) is 1. The number of rotatable bonds is 9. The second-order valence-corrected chi connectivity index (χ2v) is 6.66. The molecule has 0 bridgehead atoms. The average molecular weight is 399 g/mol. The van der Waals surface area contributed by atoms with Gasteiger partial charge in [0.05, 0.1) is 19.8 Å². The number of ether oxygens (including phenoxy) is 2. The van der Waals surface area contributed by atoms with E-state index >= 15 is 0 Å². The Kier molecular flexibility index (Phi) is 6.36. The molecule has 8 nitrogen and oxygen atoms in total. The number of fused-ring (bicyclic) bond motifs is 1. The normalized spacial score (nSPS) is 16.4. The fourth-order valence-corrected chi connectivity index (χ4v) is 3.78. The summed E-state index contributed by atoms with van der Waals surface area (Å²) in [5, 5.41) is 9.15. The van der Waals surface area contributed by atoms with Crippen molar-refractivity contribution in [2.75, 3.05) is 20.3 Å². The lowest BCUT2D eigenvalue weighted by molar-refractivity contribution is -0.123. The minimum Gasteiger partial charge on any atom is -0.493 e. The van der Waals surface area contributed by atoms with Gasteiger partial charge in [0.2, 0.25) is 5.91 Å². The molecule has 8 heteroatoms. The predicted octanol–water partition coefficient (Wildman–Crippen LogP) is 2.19. The van der Waals surface area contributed by atoms with E-state index in [9.17, 15) is 9.59 Å². The maximum Gasteiger partial charge on any atom is 0.255 e. The Balaban J connectivity index is 2.08. The van der Waals surface area contributed by atoms with E-state index in [1.807, 2.05) is 13.0 Å². The third kappa shape index (κ3) is 3.90. The second-order valence-electron chi connectivity index (χ2n) is 6.66. The summed E-state index contributed by atoms with van der Waals surface area (Å²) in [6.45, 7) is 2.52. The molecule has 0 saturated carbocycles. The first-order valence-electron chi connectivity index (χ1n) is 9.42. The van der Waals surface area contributed by atoms with Crippen molar-refractivity contribution in [1.82, 2.24) is 10.4 Å². The van der Waals surface area contributed by atoms with Crippen molar-refractivity contribution in [3.63, 3.8) is 0 Å². The summed E-state index contributed by atoms with van der Waals surface area (Å²) in [4.78, 5) is 27.0. The van der Waals surface area contributed by atoms with E-state index in [1.54, 1.807) is 43.5 Å². The maximum absolute atomic E-state index is 13.2. The van der Waals surface area contributed by atoms with Gasteiger partial charge in [-0.3, -0.25) is 9.59 Å². The van der Waals surface area contributed by atoms with Crippen LogP contribution in [0.25, 0.3) is 0 Å². The minimum absolute atomic E-state index is 0.215. The number of hydrogen-bond donors (Lipinski definition) is 3. The number of benzene rings is 2. The zero-order valence-electron chi connectivity index (χ0n) is 16.4. The number of nitrogens with two attached hydrogens (primary N) is 1. The van der Waals surface area contributed by atoms with Crippen molar-refractivity contribution < 1.29 is 24.3 Å². The number of carbonyl (C=O) groups is 2. The fourth-order valence-electron chi connectivity index (χ4n) is 3.78. The van der Waals surface area contributed by atoms with E-state index in [4.69, 9.17) is 20.4 Å². The molecule has 0 aromatic heterocycles. The maximum atomic E-state index is 13.2. The van der Waals surface area contributed by atoms with Gasteiger partial charge in [0, 0.05) is 12.1 Å². The molecule has 2 unspecified atom stereocenters. The highest BCUT2D eigenvalue weighted by atomic mass is 16.5. The molecule has 0 aliphatic carbocycles. The molecule has 29 heavy (non-hydrogen) atoms. The Morgan fingerprint density at radius 1 is 1.28 bits per heavy atom. The zero-order valence-corrected chi connectivity index (χ0v) is 16.4. The van der Waals surface area contributed by atoms with E-state index < -0.39 is 18.0 Å². The molecule has 2 aromatic carbocycles. The summed E-state index contributed by atoms with van der Waals surface area (Å²) in [5.41, 5.74) is 9.61. The van der Waals surface area contributed by atoms with Crippen molar-refractivity contribution in [3.05, 3.63) is 59.2 Å². The second kappa shape index (κ2) is 8.93. The first-order chi connectivity index (χ1) is 14.0. The van der Waals surface area contributed by atoms with Crippen molar-refractivity contribution in [2.45, 2.75) is 25.4 Å². The third-order valence-corrected chi connectivity index (χ3v) is 5.01. The molecule has 154 valence electrons. The minimum atomic E-state index is -0.889. The van der Waals surface area contributed by atoms with Crippen LogP contribution in [0.4, 0.5) is 0 Å². The van der Waals surface area contributed by atoms with Gasteiger partial charge in [0.1, 0.15) is 6.04 Å². The van der Waals surface area contributed by atoms with Crippen molar-refractivity contribution in [1.29, 1.82) is 0 Å². The molecule has 1 aliphatic rings. The summed E-state index contributed by atoms with van der Waals surface area (Å²) in [7, 11) is 1.55. The summed E-state index contributed by atoms with van der Waals surface area (Å²) in [5.74, 6) is 0.219. The van der Waals surface area contributed by atoms with Crippen LogP contribution in [-0.2, 0) is 4.79 Å². The lowest BCUT2D eigenvalue weighted by Gasteiger charge is -2.33. The Morgan fingerprint density at radius 2 is 2.03 bits per heavy atom. The number of amides is 2. The highest BCUT2D eigenvalue weighted by Crippen LogP contribution is 2.42. The van der Waals surface area contributed by atoms with Crippen LogP contribution in [0.15, 0.2) is 42.5 Å². The molecule has 2 amide bonds. The van der Waals surface area contributed by atoms with Crippen molar-refractivity contribution in [3.8, 4) is 11.5 Å². The van der Waals surface area contributed by atoms with Crippen molar-refractivity contribution in [2.24, 2.45) is 5.73 Å². The standard InChI is InChI=1S/C21H25N3O5/c1-3-29-18-12-13(8-9-17(18)28-2)16(10-11-23-27)24-19(20(22)25)14-6-4-5-7-15(14)21(24)26/h4-9,12,16,19,23,27H,3,10-11H2,1-2H3,(H2,22,25). The van der Waals surface area contributed by atoms with E-state index in [0.29, 0.717) is 35.7 Å². The van der Waals surface area contributed by atoms with Gasteiger partial charge in [-0.2, -0.15) is 0 Å². The van der Waals surface area contributed by atoms with E-state index in [1.165, 1.54) is 4.90 Å². The van der Waals surface area contributed by atoms with Gasteiger partial charge in [-0.25, -0.2) is 5.48 Å². The molecule has 2 atom stereocenters. The van der Waals surface area contributed by atoms with Gasteiger partial charge >= 0.3 is 0 Å². The topological polar surface area (TPSA) is 114 Å². The Bertz CT molecular complexity index is 902. The van der Waals surface area contributed by atoms with Crippen LogP contribution in [0, 0.1) is 0 Å². The monoisotopic (exact) mass is 399 g/mol. The van der Waals surface area contributed by atoms with Crippen LogP contribution in [0.1, 0.15) is 46.9 Å². The Morgan fingerprint density at radius 3 is 2.69 bits per heavy atom. The first-order valence-corrected chi connectivity index (χ1v) is 9.42. The van der Waals surface area contributed by atoms with Gasteiger partial charge in [0.15, 0.2) is 11.5 Å². The molecule has 4 N–H and O–H groups in total. The van der Waals surface area contributed by atoms with Gasteiger partial charge in [-0.1, -0.05) is 24.3 Å². The fraction of sp³-hybridized carbons (Fsp3) is 0.333. The SMILES string of the molecule is CCOc1cc(C(CCNO)N2C(=O)c3ccccc3C2C(N)=O)ccc1OC. The quantitative estimate of drug-likeness (QED) is 0.557. The molecule has 0 saturated heterocycles. The largest absolute Gasteiger partial charge is 0.493 e. The van der Waals surface area contributed by atoms with Gasteiger partial charge in [-0.05, 0) is 42.7 Å². The lowest BCUT2D eigenvalue weighted by Crippen LogP contribution is -2.39. The number of primary amides is 1. The zero-order chi connectivity index (χ0) is 21.0. The summed E-state index contributed by atoms with van der Waals surface area (Å²) < 4.78 is 11.0. The number of hydroxylamine groups is 1. The van der Waals surface area contributed by atoms with E-state index in [2.05, 4.69) is 5.48 Å². The summed E-state index contributed by atoms with van der Waals surface area (Å²) in [6.07, 6.45) is 0.359. The highest BCUT2D eigenvalue weighted by molar-refractivity contribution is 6.04. The molecule has 0 fully saturated rings. The van der Waals surface area contributed by atoms with E-state index in [0.717, 1.165) is 5.56 Å². The van der Waals surface area contributed by atoms with Crippen LogP contribution in [0.3, 0.4) is 0 Å². The number of carbonyl (C=O) groups excluding carboxylic acids is 2. The molecular formula is C21H25N3O5. The molecule has 0 spiro atoms. The third-order valence-electron chi connectivity index (χ3n) is 5.01. The first kappa shape index (κ1) is 20.6. The Hall–Kier alpha value is -3.10. The molecule has 1 aliphatic heterocycles. The van der Waals surface area contributed by atoms with Gasteiger partial charge in [-0.15, -0.1) is 0 Å². The number of methoxy groups -OCH3 is 1. The summed E-state index contributed by atoms with van der Waals surface area (Å²) >= 11 is 0. The highest BCUT2D eigenvalue weighted by Gasteiger charge is 2.43. The number of hydrogen-bond acceptors (Lipinski definition) is 6. The van der Waals surface area contributed by atoms with Crippen LogP contribution >= 0.6 is 0 Å². The molecule has 3 rings (SSSR count). The average Bonchev–Trinajstić information content (AvgIpc) is 3.02. The van der Waals surface area contributed by atoms with Crippen LogP contribution in [0.5, 0.6) is 11.5 Å². The molecule has 2 aromatic rings. The van der Waals surface area contributed by atoms with Crippen LogP contribution in [0.2, 0.25) is 0 Å². The number of nitrogens with zero attached hydrogens (tertiary/aromatic N) is 1.